The number of hydrogen-bond donors (Lipinski definition) is 2. The third kappa shape index (κ3) is 5.48. The van der Waals surface area contributed by atoms with Crippen LogP contribution in [0.3, 0.4) is 0 Å². The first kappa shape index (κ1) is 16.6. The summed E-state index contributed by atoms with van der Waals surface area (Å²) in [6.07, 6.45) is -0.0856. The Hall–Kier alpha value is -2.79. The van der Waals surface area contributed by atoms with E-state index in [0.717, 1.165) is 5.69 Å². The first-order chi connectivity index (χ1) is 11.0. The number of hydroxylamine groups is 1. The zero-order valence-electron chi connectivity index (χ0n) is 12.2. The fourth-order valence-electron chi connectivity index (χ4n) is 1.74. The molecule has 118 valence electrons. The van der Waals surface area contributed by atoms with Gasteiger partial charge in [-0.1, -0.05) is 36.4 Å². The van der Waals surface area contributed by atoms with Crippen molar-refractivity contribution in [2.45, 2.75) is 6.42 Å². The van der Waals surface area contributed by atoms with Crippen molar-refractivity contribution in [1.29, 1.82) is 0 Å². The smallest absolute Gasteiger partial charge is 0.338 e. The Morgan fingerprint density at radius 2 is 1.70 bits per heavy atom. The lowest BCUT2D eigenvalue weighted by Crippen LogP contribution is -2.27. The Morgan fingerprint density at radius 3 is 2.35 bits per heavy atom. The molecule has 0 aliphatic carbocycles. The van der Waals surface area contributed by atoms with Crippen molar-refractivity contribution in [1.82, 2.24) is 5.48 Å². The van der Waals surface area contributed by atoms with Crippen LogP contribution >= 0.6 is 11.6 Å². The standard InChI is InChI=1S/C17H15ClN2O3/c1-12(19-15-9-7-14(18)8-10-15)11-16(21)23-20-17(22)13-5-3-2-4-6-13/h2-10,19H,1,11H2,(H,20,22). The summed E-state index contributed by atoms with van der Waals surface area (Å²) in [5, 5.41) is 3.57. The molecule has 0 bridgehead atoms. The molecule has 0 aliphatic heterocycles. The van der Waals surface area contributed by atoms with Gasteiger partial charge in [0, 0.05) is 22.0 Å². The lowest BCUT2D eigenvalue weighted by atomic mass is 10.2. The van der Waals surface area contributed by atoms with Crippen molar-refractivity contribution >= 4 is 29.2 Å². The monoisotopic (exact) mass is 330 g/mol. The lowest BCUT2D eigenvalue weighted by molar-refractivity contribution is -0.148. The van der Waals surface area contributed by atoms with Gasteiger partial charge in [0.15, 0.2) is 0 Å². The molecular formula is C17H15ClN2O3. The minimum absolute atomic E-state index is 0.0856. The van der Waals surface area contributed by atoms with Gasteiger partial charge in [0.1, 0.15) is 0 Å². The normalized spacial score (nSPS) is 9.78. The van der Waals surface area contributed by atoms with Crippen LogP contribution in [0.4, 0.5) is 5.69 Å². The van der Waals surface area contributed by atoms with E-state index in [2.05, 4.69) is 17.4 Å². The van der Waals surface area contributed by atoms with Crippen LogP contribution in [0.25, 0.3) is 0 Å². The van der Waals surface area contributed by atoms with Crippen LogP contribution in [0.2, 0.25) is 5.02 Å². The average molecular weight is 331 g/mol. The Kier molecular flexibility index (Phi) is 5.77. The molecule has 1 amide bonds. The highest BCUT2D eigenvalue weighted by molar-refractivity contribution is 6.30. The molecule has 0 saturated heterocycles. The molecule has 2 rings (SSSR count). The van der Waals surface area contributed by atoms with Crippen LogP contribution in [0.1, 0.15) is 16.8 Å². The van der Waals surface area contributed by atoms with Gasteiger partial charge in [-0.05, 0) is 36.4 Å². The van der Waals surface area contributed by atoms with Crippen molar-refractivity contribution < 1.29 is 14.4 Å². The first-order valence-corrected chi connectivity index (χ1v) is 7.18. The van der Waals surface area contributed by atoms with Gasteiger partial charge >= 0.3 is 5.97 Å². The van der Waals surface area contributed by atoms with E-state index in [0.29, 0.717) is 16.3 Å². The number of amides is 1. The lowest BCUT2D eigenvalue weighted by Gasteiger charge is -2.10. The minimum Gasteiger partial charge on any atom is -0.359 e. The van der Waals surface area contributed by atoms with Gasteiger partial charge in [-0.25, -0.2) is 4.79 Å². The summed E-state index contributed by atoms with van der Waals surface area (Å²) in [4.78, 5) is 28.1. The third-order valence-corrected chi connectivity index (χ3v) is 3.07. The van der Waals surface area contributed by atoms with E-state index in [-0.39, 0.29) is 6.42 Å². The molecule has 5 nitrogen and oxygen atoms in total. The van der Waals surface area contributed by atoms with Gasteiger partial charge in [-0.15, -0.1) is 0 Å². The van der Waals surface area contributed by atoms with E-state index >= 15 is 0 Å². The van der Waals surface area contributed by atoms with Crippen LogP contribution in [0, 0.1) is 0 Å². The van der Waals surface area contributed by atoms with E-state index in [4.69, 9.17) is 16.4 Å². The molecule has 2 N–H and O–H groups in total. The molecule has 0 spiro atoms. The van der Waals surface area contributed by atoms with Gasteiger partial charge in [0.05, 0.1) is 6.42 Å². The van der Waals surface area contributed by atoms with Crippen molar-refractivity contribution in [3.05, 3.63) is 77.5 Å². The highest BCUT2D eigenvalue weighted by Gasteiger charge is 2.10. The predicted molar refractivity (Wildman–Crippen MR) is 88.8 cm³/mol. The summed E-state index contributed by atoms with van der Waals surface area (Å²) in [6.45, 7) is 3.74. The number of anilines is 1. The highest BCUT2D eigenvalue weighted by atomic mass is 35.5. The maximum Gasteiger partial charge on any atom is 0.338 e. The van der Waals surface area contributed by atoms with Crippen LogP contribution in [-0.4, -0.2) is 11.9 Å². The van der Waals surface area contributed by atoms with Crippen LogP contribution in [0.15, 0.2) is 66.9 Å². The Bertz CT molecular complexity index is 700. The molecule has 0 fully saturated rings. The summed E-state index contributed by atoms with van der Waals surface area (Å²) in [5.41, 5.74) is 3.69. The molecule has 0 heterocycles. The number of carbonyl (C=O) groups excluding carboxylic acids is 2. The number of carbonyl (C=O) groups is 2. The zero-order chi connectivity index (χ0) is 16.7. The van der Waals surface area contributed by atoms with E-state index < -0.39 is 11.9 Å². The van der Waals surface area contributed by atoms with Crippen LogP contribution < -0.4 is 10.8 Å². The second-order valence-electron chi connectivity index (χ2n) is 4.68. The molecule has 6 heteroatoms. The topological polar surface area (TPSA) is 67.4 Å². The predicted octanol–water partition coefficient (Wildman–Crippen LogP) is 3.54. The first-order valence-electron chi connectivity index (χ1n) is 6.80. The van der Waals surface area contributed by atoms with Crippen molar-refractivity contribution in [2.24, 2.45) is 0 Å². The third-order valence-electron chi connectivity index (χ3n) is 2.82. The van der Waals surface area contributed by atoms with Crippen LogP contribution in [0.5, 0.6) is 0 Å². The molecule has 2 aromatic carbocycles. The van der Waals surface area contributed by atoms with Gasteiger partial charge in [0.25, 0.3) is 5.91 Å². The maximum atomic E-state index is 11.7. The summed E-state index contributed by atoms with van der Waals surface area (Å²) in [5.74, 6) is -1.11. The summed E-state index contributed by atoms with van der Waals surface area (Å²) in [7, 11) is 0. The second-order valence-corrected chi connectivity index (χ2v) is 5.12. The summed E-state index contributed by atoms with van der Waals surface area (Å²) < 4.78 is 0. The molecule has 0 radical (unpaired) electrons. The quantitative estimate of drug-likeness (QED) is 0.823. The minimum atomic E-state index is -0.624. The number of rotatable bonds is 5. The zero-order valence-corrected chi connectivity index (χ0v) is 13.0. The fourth-order valence-corrected chi connectivity index (χ4v) is 1.87. The van der Waals surface area contributed by atoms with Crippen molar-refractivity contribution in [3.63, 3.8) is 0 Å². The summed E-state index contributed by atoms with van der Waals surface area (Å²) >= 11 is 5.79. The largest absolute Gasteiger partial charge is 0.359 e. The SMILES string of the molecule is C=C(CC(=O)ONC(=O)c1ccccc1)Nc1ccc(Cl)cc1. The Labute approximate surface area is 138 Å². The summed E-state index contributed by atoms with van der Waals surface area (Å²) in [6, 6.07) is 15.4. The maximum absolute atomic E-state index is 11.7. The number of halogens is 1. The molecule has 2 aromatic rings. The van der Waals surface area contributed by atoms with E-state index in [1.54, 1.807) is 54.6 Å². The van der Waals surface area contributed by atoms with Gasteiger partial charge < -0.3 is 10.2 Å². The van der Waals surface area contributed by atoms with Crippen LogP contribution in [-0.2, 0) is 9.63 Å². The highest BCUT2D eigenvalue weighted by Crippen LogP contribution is 2.15. The Balaban J connectivity index is 1.77. The molecular weight excluding hydrogens is 316 g/mol. The van der Waals surface area contributed by atoms with E-state index in [9.17, 15) is 9.59 Å². The average Bonchev–Trinajstić information content (AvgIpc) is 2.55. The molecule has 0 aromatic heterocycles. The molecule has 0 aliphatic rings. The number of nitrogens with one attached hydrogen (secondary N) is 2. The van der Waals surface area contributed by atoms with E-state index in [1.165, 1.54) is 0 Å². The Morgan fingerprint density at radius 1 is 1.04 bits per heavy atom. The van der Waals surface area contributed by atoms with Crippen molar-refractivity contribution in [3.8, 4) is 0 Å². The number of benzene rings is 2. The number of hydrogen-bond acceptors (Lipinski definition) is 4. The van der Waals surface area contributed by atoms with Gasteiger partial charge in [-0.3, -0.25) is 4.79 Å². The fraction of sp³-hybridized carbons (Fsp3) is 0.0588. The van der Waals surface area contributed by atoms with E-state index in [1.807, 2.05) is 0 Å². The molecule has 23 heavy (non-hydrogen) atoms. The molecule has 0 unspecified atom stereocenters. The second kappa shape index (κ2) is 8.00. The molecule has 0 saturated carbocycles. The molecule has 0 atom stereocenters. The van der Waals surface area contributed by atoms with Gasteiger partial charge in [-0.2, -0.15) is 5.48 Å². The van der Waals surface area contributed by atoms with Crippen molar-refractivity contribution in [2.75, 3.05) is 5.32 Å². The van der Waals surface area contributed by atoms with Gasteiger partial charge in [0.2, 0.25) is 0 Å².